The van der Waals surface area contributed by atoms with Gasteiger partial charge in [0.25, 0.3) is 10.1 Å². The maximum atomic E-state index is 11.9. The van der Waals surface area contributed by atoms with E-state index in [0.717, 1.165) is 20.0 Å². The smallest absolute Gasteiger partial charge is 0.268 e. The predicted molar refractivity (Wildman–Crippen MR) is 97.0 cm³/mol. The first-order valence-electron chi connectivity index (χ1n) is 8.97. The highest BCUT2D eigenvalue weighted by atomic mass is 32.2. The maximum absolute atomic E-state index is 11.9. The molecule has 1 amide bonds. The van der Waals surface area contributed by atoms with Gasteiger partial charge in [-0.25, -0.2) is 0 Å². The number of carbonyl (C=O) groups excluding carboxylic acids is 1. The quantitative estimate of drug-likeness (QED) is 0.537. The van der Waals surface area contributed by atoms with Gasteiger partial charge in [-0.3, -0.25) is 8.98 Å². The molecule has 26 heavy (non-hydrogen) atoms. The van der Waals surface area contributed by atoms with Crippen molar-refractivity contribution in [3.05, 3.63) is 0 Å². The van der Waals surface area contributed by atoms with Crippen LogP contribution < -0.4 is 5.32 Å². The van der Waals surface area contributed by atoms with E-state index < -0.39 is 27.4 Å². The Kier molecular flexibility index (Phi) is 8.47. The second kappa shape index (κ2) is 9.45. The van der Waals surface area contributed by atoms with Gasteiger partial charge in [-0.15, -0.1) is 0 Å². The van der Waals surface area contributed by atoms with Crippen LogP contribution in [0.25, 0.3) is 0 Å². The van der Waals surface area contributed by atoms with Gasteiger partial charge in [0, 0.05) is 6.54 Å². The van der Waals surface area contributed by atoms with E-state index in [1.54, 1.807) is 6.92 Å². The first kappa shape index (κ1) is 23.3. The van der Waals surface area contributed by atoms with E-state index in [4.69, 9.17) is 9.47 Å². The van der Waals surface area contributed by atoms with E-state index in [0.29, 0.717) is 12.8 Å². The Bertz CT molecular complexity index is 559. The Morgan fingerprint density at radius 1 is 1.38 bits per heavy atom. The van der Waals surface area contributed by atoms with Crippen LogP contribution in [0.1, 0.15) is 59.8 Å². The van der Waals surface area contributed by atoms with Gasteiger partial charge < -0.3 is 19.9 Å². The van der Waals surface area contributed by atoms with Crippen molar-refractivity contribution in [3.63, 3.8) is 0 Å². The van der Waals surface area contributed by atoms with Gasteiger partial charge in [0.05, 0.1) is 37.1 Å². The molecule has 1 saturated heterocycles. The summed E-state index contributed by atoms with van der Waals surface area (Å²) in [6, 6.07) is 0. The summed E-state index contributed by atoms with van der Waals surface area (Å²) in [7, 11) is -2.53. The molecule has 1 rings (SSSR count). The molecule has 1 aliphatic rings. The van der Waals surface area contributed by atoms with Crippen molar-refractivity contribution in [1.82, 2.24) is 5.32 Å². The van der Waals surface area contributed by atoms with Crippen LogP contribution in [0.3, 0.4) is 0 Å². The molecular weight excluding hydrogens is 362 g/mol. The molecule has 0 aromatic heterocycles. The van der Waals surface area contributed by atoms with Crippen LogP contribution in [0.15, 0.2) is 0 Å². The lowest BCUT2D eigenvalue weighted by atomic mass is 9.93. The van der Waals surface area contributed by atoms with Crippen molar-refractivity contribution in [2.75, 3.05) is 19.4 Å². The molecule has 2 N–H and O–H groups in total. The molecule has 8 nitrogen and oxygen atoms in total. The standard InChI is InChI=1S/C17H33NO7S/c1-13-11-14(25-16(2,3)24-13)7-6-8-17(4,20)12-15(19)18-9-10-26(21,22)23-5/h13-14,20H,6-12H2,1-5H3,(H,18,19)/t13-,14+,17-/m1/s1. The number of hydrogen-bond acceptors (Lipinski definition) is 7. The summed E-state index contributed by atoms with van der Waals surface area (Å²) < 4.78 is 38.3. The van der Waals surface area contributed by atoms with Crippen LogP contribution in [0.4, 0.5) is 0 Å². The highest BCUT2D eigenvalue weighted by Gasteiger charge is 2.33. The third kappa shape index (κ3) is 9.27. The Morgan fingerprint density at radius 2 is 2.04 bits per heavy atom. The van der Waals surface area contributed by atoms with Crippen molar-refractivity contribution in [1.29, 1.82) is 0 Å². The normalized spacial score (nSPS) is 25.5. The number of nitrogens with one attached hydrogen (secondary N) is 1. The second-order valence-corrected chi connectivity index (χ2v) is 9.51. The van der Waals surface area contributed by atoms with Crippen molar-refractivity contribution in [2.24, 2.45) is 0 Å². The molecule has 0 aliphatic carbocycles. The molecular formula is C17H33NO7S. The highest BCUT2D eigenvalue weighted by Crippen LogP contribution is 2.30. The molecule has 0 saturated carbocycles. The van der Waals surface area contributed by atoms with Gasteiger partial charge in [0.15, 0.2) is 5.79 Å². The minimum absolute atomic E-state index is 0.0476. The van der Waals surface area contributed by atoms with Crippen molar-refractivity contribution in [2.45, 2.75) is 83.4 Å². The summed E-state index contributed by atoms with van der Waals surface area (Å²) in [5.41, 5.74) is -1.16. The van der Waals surface area contributed by atoms with E-state index in [2.05, 4.69) is 9.50 Å². The van der Waals surface area contributed by atoms with E-state index >= 15 is 0 Å². The lowest BCUT2D eigenvalue weighted by Crippen LogP contribution is -2.43. The zero-order chi connectivity index (χ0) is 20.0. The van der Waals surface area contributed by atoms with E-state index in [1.165, 1.54) is 0 Å². The molecule has 3 atom stereocenters. The third-order valence-electron chi connectivity index (χ3n) is 4.24. The zero-order valence-electron chi connectivity index (χ0n) is 16.4. The monoisotopic (exact) mass is 395 g/mol. The average Bonchev–Trinajstić information content (AvgIpc) is 2.44. The molecule has 154 valence electrons. The molecule has 0 bridgehead atoms. The summed E-state index contributed by atoms with van der Waals surface area (Å²) in [6.45, 7) is 7.35. The SMILES string of the molecule is COS(=O)(=O)CCNC(=O)C[C@](C)(O)CCC[C@H]1C[C@@H](C)OC(C)(C)O1. The van der Waals surface area contributed by atoms with Gasteiger partial charge in [-0.1, -0.05) is 0 Å². The van der Waals surface area contributed by atoms with E-state index in [1.807, 2.05) is 20.8 Å². The van der Waals surface area contributed by atoms with E-state index in [9.17, 15) is 18.3 Å². The Hall–Kier alpha value is -0.740. The van der Waals surface area contributed by atoms with Crippen LogP contribution in [-0.2, 0) is 28.6 Å². The van der Waals surface area contributed by atoms with Crippen LogP contribution in [0.5, 0.6) is 0 Å². The first-order valence-corrected chi connectivity index (χ1v) is 10.5. The number of rotatable bonds is 10. The molecule has 1 fully saturated rings. The molecule has 1 aliphatic heterocycles. The highest BCUT2D eigenvalue weighted by molar-refractivity contribution is 7.86. The number of aliphatic hydroxyl groups is 1. The molecule has 0 spiro atoms. The third-order valence-corrected chi connectivity index (χ3v) is 5.45. The number of carbonyl (C=O) groups is 1. The van der Waals surface area contributed by atoms with Crippen LogP contribution in [0, 0.1) is 0 Å². The van der Waals surface area contributed by atoms with Crippen LogP contribution in [0.2, 0.25) is 0 Å². The summed E-state index contributed by atoms with van der Waals surface area (Å²) in [5.74, 6) is -1.29. The van der Waals surface area contributed by atoms with E-state index in [-0.39, 0.29) is 30.9 Å². The molecule has 0 aromatic carbocycles. The fraction of sp³-hybridized carbons (Fsp3) is 0.941. The molecule has 0 radical (unpaired) electrons. The fourth-order valence-electron chi connectivity index (χ4n) is 3.16. The Balaban J connectivity index is 2.31. The minimum atomic E-state index is -3.60. The van der Waals surface area contributed by atoms with Crippen molar-refractivity contribution >= 4 is 16.0 Å². The molecule has 1 heterocycles. The fourth-order valence-corrected chi connectivity index (χ4v) is 3.68. The zero-order valence-corrected chi connectivity index (χ0v) is 17.2. The van der Waals surface area contributed by atoms with Gasteiger partial charge >= 0.3 is 0 Å². The average molecular weight is 396 g/mol. The first-order chi connectivity index (χ1) is 11.8. The minimum Gasteiger partial charge on any atom is -0.390 e. The topological polar surface area (TPSA) is 111 Å². The van der Waals surface area contributed by atoms with Gasteiger partial charge in [-0.05, 0) is 53.4 Å². The number of amides is 1. The van der Waals surface area contributed by atoms with Crippen LogP contribution in [-0.4, -0.2) is 62.4 Å². The largest absolute Gasteiger partial charge is 0.390 e. The second-order valence-electron chi connectivity index (χ2n) is 7.65. The summed E-state index contributed by atoms with van der Waals surface area (Å²) in [6.07, 6.45) is 2.85. The summed E-state index contributed by atoms with van der Waals surface area (Å²) in [4.78, 5) is 11.9. The Morgan fingerprint density at radius 3 is 2.62 bits per heavy atom. The predicted octanol–water partition coefficient (Wildman–Crippen LogP) is 1.32. The van der Waals surface area contributed by atoms with Gasteiger partial charge in [0.1, 0.15) is 0 Å². The summed E-state index contributed by atoms with van der Waals surface area (Å²) in [5, 5.41) is 12.9. The lowest BCUT2D eigenvalue weighted by Gasteiger charge is -2.40. The van der Waals surface area contributed by atoms with Crippen molar-refractivity contribution < 1.29 is 32.0 Å². The molecule has 0 aromatic rings. The van der Waals surface area contributed by atoms with Gasteiger partial charge in [-0.2, -0.15) is 8.42 Å². The van der Waals surface area contributed by atoms with Crippen molar-refractivity contribution in [3.8, 4) is 0 Å². The molecule has 9 heteroatoms. The van der Waals surface area contributed by atoms with Crippen LogP contribution >= 0.6 is 0 Å². The number of hydrogen-bond donors (Lipinski definition) is 2. The molecule has 0 unspecified atom stereocenters. The Labute approximate surface area is 156 Å². The lowest BCUT2D eigenvalue weighted by molar-refractivity contribution is -0.297. The summed E-state index contributed by atoms with van der Waals surface area (Å²) >= 11 is 0. The van der Waals surface area contributed by atoms with Gasteiger partial charge in [0.2, 0.25) is 5.91 Å². The maximum Gasteiger partial charge on any atom is 0.268 e. The number of ether oxygens (including phenoxy) is 2.